The molecule has 2 N–H and O–H groups in total. The molecule has 1 aromatic carbocycles. The lowest BCUT2D eigenvalue weighted by Gasteiger charge is -2.26. The number of amides is 1. The number of anilines is 1. The lowest BCUT2D eigenvalue weighted by atomic mass is 10.1. The lowest BCUT2D eigenvalue weighted by molar-refractivity contribution is -0.912. The van der Waals surface area contributed by atoms with Gasteiger partial charge in [-0.2, -0.15) is 0 Å². The summed E-state index contributed by atoms with van der Waals surface area (Å²) in [6.07, 6.45) is 6.45. The first-order chi connectivity index (χ1) is 11.7. The van der Waals surface area contributed by atoms with Crippen LogP contribution in [0.4, 0.5) is 5.69 Å². The molecular formula is C20H33N2O2+. The third kappa shape index (κ3) is 4.97. The first-order valence-corrected chi connectivity index (χ1v) is 9.60. The predicted molar refractivity (Wildman–Crippen MR) is 98.9 cm³/mol. The number of likely N-dealkylation sites (N-methyl/N-ethyl adjacent to an activating group) is 1. The molecule has 1 amide bonds. The molecule has 24 heavy (non-hydrogen) atoms. The molecule has 0 fully saturated rings. The topological polar surface area (TPSA) is 42.8 Å². The summed E-state index contributed by atoms with van der Waals surface area (Å²) in [5.41, 5.74) is 2.11. The van der Waals surface area contributed by atoms with Crippen molar-refractivity contribution >= 4 is 11.6 Å². The second-order valence-electron chi connectivity index (χ2n) is 6.68. The Morgan fingerprint density at radius 2 is 2.04 bits per heavy atom. The Balaban J connectivity index is 2.09. The summed E-state index contributed by atoms with van der Waals surface area (Å²) in [6, 6.07) is 6.10. The molecule has 1 heterocycles. The number of ether oxygens (including phenoxy) is 1. The fourth-order valence-electron chi connectivity index (χ4n) is 3.49. The Morgan fingerprint density at radius 1 is 1.25 bits per heavy atom. The molecule has 0 radical (unpaired) electrons. The number of hydrogen-bond donors (Lipinski definition) is 2. The standard InChI is InChI=1S/C20H32N2O2/c1-4-7-11-18(22(5-2)6-3)20(23)21-17-12-13-19-16(15-17)10-8-9-14-24-19/h12-13,15,18H,4-11,14H2,1-3H3,(H,21,23)/p+1. The first kappa shape index (κ1) is 18.8. The fraction of sp³-hybridized carbons (Fsp3) is 0.650. The normalized spacial score (nSPS) is 15.3. The number of nitrogens with one attached hydrogen (secondary N) is 2. The molecule has 1 unspecified atom stereocenters. The molecular weight excluding hydrogens is 300 g/mol. The van der Waals surface area contributed by atoms with E-state index in [-0.39, 0.29) is 11.9 Å². The van der Waals surface area contributed by atoms with E-state index >= 15 is 0 Å². The van der Waals surface area contributed by atoms with E-state index in [0.29, 0.717) is 0 Å². The van der Waals surface area contributed by atoms with E-state index in [1.807, 2.05) is 12.1 Å². The Kier molecular flexibility index (Phi) is 7.57. The highest BCUT2D eigenvalue weighted by Crippen LogP contribution is 2.27. The number of benzene rings is 1. The van der Waals surface area contributed by atoms with Crippen molar-refractivity contribution in [3.63, 3.8) is 0 Å². The lowest BCUT2D eigenvalue weighted by Crippen LogP contribution is -3.16. The largest absolute Gasteiger partial charge is 0.493 e. The molecule has 1 aliphatic heterocycles. The average Bonchev–Trinajstić information content (AvgIpc) is 2.83. The van der Waals surface area contributed by atoms with Gasteiger partial charge in [-0.25, -0.2) is 0 Å². The van der Waals surface area contributed by atoms with E-state index < -0.39 is 0 Å². The third-order valence-corrected chi connectivity index (χ3v) is 4.99. The number of carbonyl (C=O) groups is 1. The van der Waals surface area contributed by atoms with Crippen LogP contribution in [0.2, 0.25) is 0 Å². The van der Waals surface area contributed by atoms with E-state index in [1.54, 1.807) is 0 Å². The van der Waals surface area contributed by atoms with Gasteiger partial charge in [0.1, 0.15) is 5.75 Å². The van der Waals surface area contributed by atoms with Crippen LogP contribution >= 0.6 is 0 Å². The summed E-state index contributed by atoms with van der Waals surface area (Å²) in [5.74, 6) is 1.12. The number of unbranched alkanes of at least 4 members (excludes halogenated alkanes) is 1. The first-order valence-electron chi connectivity index (χ1n) is 9.60. The second kappa shape index (κ2) is 9.67. The molecule has 4 heteroatoms. The summed E-state index contributed by atoms with van der Waals surface area (Å²) in [6.45, 7) is 9.25. The Morgan fingerprint density at radius 3 is 2.75 bits per heavy atom. The van der Waals surface area contributed by atoms with Crippen molar-refractivity contribution in [2.75, 3.05) is 25.0 Å². The SMILES string of the molecule is CCCCC(C(=O)Nc1ccc2c(c1)CCCCO2)[NH+](CC)CC. The van der Waals surface area contributed by atoms with Crippen LogP contribution in [-0.2, 0) is 11.2 Å². The maximum atomic E-state index is 12.9. The highest BCUT2D eigenvalue weighted by atomic mass is 16.5. The van der Waals surface area contributed by atoms with Gasteiger partial charge in [0.25, 0.3) is 5.91 Å². The van der Waals surface area contributed by atoms with Crippen LogP contribution in [0, 0.1) is 0 Å². The summed E-state index contributed by atoms with van der Waals surface area (Å²) in [7, 11) is 0. The van der Waals surface area contributed by atoms with Crippen LogP contribution in [-0.4, -0.2) is 31.6 Å². The third-order valence-electron chi connectivity index (χ3n) is 4.99. The highest BCUT2D eigenvalue weighted by Gasteiger charge is 2.27. The minimum Gasteiger partial charge on any atom is -0.493 e. The maximum Gasteiger partial charge on any atom is 0.282 e. The number of aryl methyl sites for hydroxylation is 1. The maximum absolute atomic E-state index is 12.9. The summed E-state index contributed by atoms with van der Waals surface area (Å²) in [5, 5.41) is 3.16. The molecule has 1 aromatic rings. The van der Waals surface area contributed by atoms with Crippen molar-refractivity contribution in [3.8, 4) is 5.75 Å². The van der Waals surface area contributed by atoms with Crippen LogP contribution in [0.1, 0.15) is 58.4 Å². The second-order valence-corrected chi connectivity index (χ2v) is 6.68. The van der Waals surface area contributed by atoms with Crippen LogP contribution in [0.5, 0.6) is 5.75 Å². The minimum absolute atomic E-state index is 0.0370. The molecule has 0 aliphatic carbocycles. The van der Waals surface area contributed by atoms with Crippen LogP contribution in [0.25, 0.3) is 0 Å². The van der Waals surface area contributed by atoms with Crippen LogP contribution < -0.4 is 15.0 Å². The zero-order valence-corrected chi connectivity index (χ0v) is 15.5. The van der Waals surface area contributed by atoms with Gasteiger partial charge in [0.2, 0.25) is 0 Å². The zero-order chi connectivity index (χ0) is 17.4. The zero-order valence-electron chi connectivity index (χ0n) is 15.5. The fourth-order valence-corrected chi connectivity index (χ4v) is 3.49. The van der Waals surface area contributed by atoms with Crippen molar-refractivity contribution in [2.45, 2.75) is 65.3 Å². The van der Waals surface area contributed by atoms with Crippen molar-refractivity contribution in [1.82, 2.24) is 0 Å². The van der Waals surface area contributed by atoms with Crippen molar-refractivity contribution in [1.29, 1.82) is 0 Å². The Bertz CT molecular complexity index is 526. The highest BCUT2D eigenvalue weighted by molar-refractivity contribution is 5.94. The average molecular weight is 333 g/mol. The number of hydrogen-bond acceptors (Lipinski definition) is 2. The van der Waals surface area contributed by atoms with Gasteiger partial charge >= 0.3 is 0 Å². The van der Waals surface area contributed by atoms with E-state index in [9.17, 15) is 4.79 Å². The summed E-state index contributed by atoms with van der Waals surface area (Å²) in [4.78, 5) is 14.2. The van der Waals surface area contributed by atoms with Crippen molar-refractivity contribution in [3.05, 3.63) is 23.8 Å². The van der Waals surface area contributed by atoms with E-state index in [1.165, 1.54) is 10.5 Å². The van der Waals surface area contributed by atoms with Gasteiger partial charge in [-0.05, 0) is 63.3 Å². The monoisotopic (exact) mass is 333 g/mol. The number of rotatable bonds is 8. The molecule has 2 rings (SSSR count). The van der Waals surface area contributed by atoms with Gasteiger partial charge in [-0.3, -0.25) is 4.79 Å². The molecule has 0 saturated heterocycles. The van der Waals surface area contributed by atoms with E-state index in [4.69, 9.17) is 4.74 Å². The molecule has 4 nitrogen and oxygen atoms in total. The number of fused-ring (bicyclic) bond motifs is 1. The molecule has 1 aliphatic rings. The summed E-state index contributed by atoms with van der Waals surface area (Å²) >= 11 is 0. The molecule has 0 bridgehead atoms. The Hall–Kier alpha value is -1.55. The van der Waals surface area contributed by atoms with E-state index in [2.05, 4.69) is 32.2 Å². The van der Waals surface area contributed by atoms with Gasteiger partial charge in [0.15, 0.2) is 6.04 Å². The molecule has 0 saturated carbocycles. The van der Waals surface area contributed by atoms with Gasteiger partial charge in [0, 0.05) is 12.1 Å². The van der Waals surface area contributed by atoms with E-state index in [0.717, 1.165) is 69.7 Å². The van der Waals surface area contributed by atoms with Gasteiger partial charge < -0.3 is 15.0 Å². The summed E-state index contributed by atoms with van der Waals surface area (Å²) < 4.78 is 5.77. The Labute approximate surface area is 146 Å². The molecule has 0 spiro atoms. The van der Waals surface area contributed by atoms with Gasteiger partial charge in [-0.15, -0.1) is 0 Å². The van der Waals surface area contributed by atoms with Crippen LogP contribution in [0.15, 0.2) is 18.2 Å². The smallest absolute Gasteiger partial charge is 0.282 e. The number of quaternary nitrogens is 1. The molecule has 1 atom stereocenters. The van der Waals surface area contributed by atoms with Gasteiger partial charge in [0.05, 0.1) is 19.7 Å². The quantitative estimate of drug-likeness (QED) is 0.768. The van der Waals surface area contributed by atoms with Crippen LogP contribution in [0.3, 0.4) is 0 Å². The molecule has 134 valence electrons. The van der Waals surface area contributed by atoms with Gasteiger partial charge in [-0.1, -0.05) is 13.3 Å². The number of carbonyl (C=O) groups excluding carboxylic acids is 1. The molecule has 0 aromatic heterocycles. The predicted octanol–water partition coefficient (Wildman–Crippen LogP) is 2.82. The minimum atomic E-state index is 0.0370. The van der Waals surface area contributed by atoms with Crippen molar-refractivity contribution in [2.24, 2.45) is 0 Å². The van der Waals surface area contributed by atoms with Crippen molar-refractivity contribution < 1.29 is 14.4 Å².